The monoisotopic (exact) mass is 382 g/mol. The van der Waals surface area contributed by atoms with Crippen LogP contribution in [0.15, 0.2) is 23.0 Å². The lowest BCUT2D eigenvalue weighted by molar-refractivity contribution is 0.0915. The first kappa shape index (κ1) is 18.6. The van der Waals surface area contributed by atoms with Gasteiger partial charge in [-0.2, -0.15) is 5.10 Å². The number of rotatable bonds is 4. The molecule has 28 heavy (non-hydrogen) atoms. The molecule has 2 aromatic heterocycles. The number of amides is 1. The van der Waals surface area contributed by atoms with Crippen LogP contribution in [0.2, 0.25) is 0 Å². The Hall–Kier alpha value is -2.77. The van der Waals surface area contributed by atoms with E-state index in [2.05, 4.69) is 20.6 Å². The minimum atomic E-state index is -0.200. The largest absolute Gasteiger partial charge is 0.361 e. The summed E-state index contributed by atoms with van der Waals surface area (Å²) in [6.45, 7) is 0. The van der Waals surface area contributed by atoms with Crippen LogP contribution in [0.25, 0.3) is 0 Å². The molecule has 0 radical (unpaired) electrons. The van der Waals surface area contributed by atoms with Gasteiger partial charge in [0.2, 0.25) is 0 Å². The van der Waals surface area contributed by atoms with Crippen molar-refractivity contribution in [2.45, 2.75) is 57.0 Å². The van der Waals surface area contributed by atoms with Crippen LogP contribution in [0.4, 0.5) is 5.82 Å². The van der Waals surface area contributed by atoms with E-state index in [0.717, 1.165) is 56.2 Å². The van der Waals surface area contributed by atoms with Crippen molar-refractivity contribution in [3.8, 4) is 0 Å². The number of carbonyl (C=O) groups is 1. The fourth-order valence-electron chi connectivity index (χ4n) is 4.09. The van der Waals surface area contributed by atoms with E-state index in [9.17, 15) is 9.59 Å². The maximum absolute atomic E-state index is 12.4. The second kappa shape index (κ2) is 7.69. The summed E-state index contributed by atoms with van der Waals surface area (Å²) in [7, 11) is 3.76. The van der Waals surface area contributed by atoms with E-state index in [-0.39, 0.29) is 23.6 Å². The van der Waals surface area contributed by atoms with Gasteiger partial charge in [0.15, 0.2) is 11.5 Å². The van der Waals surface area contributed by atoms with E-state index in [4.69, 9.17) is 0 Å². The van der Waals surface area contributed by atoms with E-state index in [1.165, 1.54) is 0 Å². The summed E-state index contributed by atoms with van der Waals surface area (Å²) in [6.07, 6.45) is 6.34. The summed E-state index contributed by atoms with van der Waals surface area (Å²) in [6, 6.07) is 5.44. The molecule has 0 bridgehead atoms. The van der Waals surface area contributed by atoms with E-state index >= 15 is 0 Å². The van der Waals surface area contributed by atoms with Crippen molar-refractivity contribution >= 4 is 11.7 Å². The molecule has 2 aliphatic carbocycles. The number of anilines is 1. The van der Waals surface area contributed by atoms with Crippen LogP contribution >= 0.6 is 0 Å². The molecule has 1 fully saturated rings. The Morgan fingerprint density at radius 2 is 1.93 bits per heavy atom. The molecule has 0 saturated heterocycles. The van der Waals surface area contributed by atoms with Crippen molar-refractivity contribution in [1.29, 1.82) is 0 Å². The van der Waals surface area contributed by atoms with Gasteiger partial charge in [-0.1, -0.05) is 0 Å². The van der Waals surface area contributed by atoms with Gasteiger partial charge in [-0.05, 0) is 62.6 Å². The number of carbonyl (C=O) groups excluding carboxylic acids is 1. The average Bonchev–Trinajstić information content (AvgIpc) is 3.15. The zero-order valence-electron chi connectivity index (χ0n) is 16.4. The fraction of sp³-hybridized carbons (Fsp3) is 0.550. The molecule has 0 aliphatic heterocycles. The third-order valence-electron chi connectivity index (χ3n) is 5.70. The molecule has 2 heterocycles. The lowest BCUT2D eigenvalue weighted by Crippen LogP contribution is -2.40. The third kappa shape index (κ3) is 3.76. The Bertz CT molecular complexity index is 913. The van der Waals surface area contributed by atoms with Gasteiger partial charge in [0.1, 0.15) is 0 Å². The van der Waals surface area contributed by atoms with Gasteiger partial charge >= 0.3 is 0 Å². The van der Waals surface area contributed by atoms with Gasteiger partial charge in [-0.25, -0.2) is 4.68 Å². The standard InChI is InChI=1S/C20H26N6O2/c1-25(2)18-11-10-17(22-23-18)20(28)21-14-6-8-15(9-7-14)26-19(27)12-13-4-3-5-16(13)24-26/h10-12,14-15H,3-9H2,1-2H3,(H,21,28). The van der Waals surface area contributed by atoms with Crippen molar-refractivity contribution in [3.63, 3.8) is 0 Å². The number of aryl methyl sites for hydroxylation is 2. The van der Waals surface area contributed by atoms with Gasteiger partial charge in [-0.3, -0.25) is 9.59 Å². The number of hydrogen-bond donors (Lipinski definition) is 1. The number of fused-ring (bicyclic) bond motifs is 1. The Balaban J connectivity index is 1.35. The molecule has 4 rings (SSSR count). The summed E-state index contributed by atoms with van der Waals surface area (Å²) in [5.41, 5.74) is 2.52. The molecule has 1 saturated carbocycles. The summed E-state index contributed by atoms with van der Waals surface area (Å²) >= 11 is 0. The molecule has 8 nitrogen and oxygen atoms in total. The quantitative estimate of drug-likeness (QED) is 0.861. The Kier molecular flexibility index (Phi) is 5.11. The second-order valence-corrected chi connectivity index (χ2v) is 7.90. The smallest absolute Gasteiger partial charge is 0.272 e. The number of hydrogen-bond acceptors (Lipinski definition) is 6. The maximum Gasteiger partial charge on any atom is 0.272 e. The molecule has 0 spiro atoms. The first-order valence-electron chi connectivity index (χ1n) is 9.95. The predicted molar refractivity (Wildman–Crippen MR) is 106 cm³/mol. The van der Waals surface area contributed by atoms with E-state index < -0.39 is 0 Å². The SMILES string of the molecule is CN(C)c1ccc(C(=O)NC2CCC(n3nc4c(cc3=O)CCC4)CC2)nn1. The number of nitrogens with zero attached hydrogens (tertiary/aromatic N) is 5. The molecular weight excluding hydrogens is 356 g/mol. The first-order chi connectivity index (χ1) is 13.5. The number of nitrogens with one attached hydrogen (secondary N) is 1. The van der Waals surface area contributed by atoms with Gasteiger partial charge in [0.25, 0.3) is 11.5 Å². The van der Waals surface area contributed by atoms with Crippen LogP contribution in [-0.2, 0) is 12.8 Å². The van der Waals surface area contributed by atoms with Crippen LogP contribution in [0.3, 0.4) is 0 Å². The minimum Gasteiger partial charge on any atom is -0.361 e. The zero-order chi connectivity index (χ0) is 19.7. The summed E-state index contributed by atoms with van der Waals surface area (Å²) in [4.78, 5) is 26.7. The first-order valence-corrected chi connectivity index (χ1v) is 9.95. The van der Waals surface area contributed by atoms with Crippen molar-refractivity contribution in [3.05, 3.63) is 45.5 Å². The van der Waals surface area contributed by atoms with Crippen molar-refractivity contribution in [2.24, 2.45) is 0 Å². The highest BCUT2D eigenvalue weighted by atomic mass is 16.2. The maximum atomic E-state index is 12.4. The highest BCUT2D eigenvalue weighted by Crippen LogP contribution is 2.28. The molecule has 1 amide bonds. The lowest BCUT2D eigenvalue weighted by atomic mass is 9.91. The zero-order valence-corrected chi connectivity index (χ0v) is 16.4. The predicted octanol–water partition coefficient (Wildman–Crippen LogP) is 1.50. The van der Waals surface area contributed by atoms with Crippen LogP contribution < -0.4 is 15.8 Å². The Labute approximate surface area is 164 Å². The molecule has 0 unspecified atom stereocenters. The number of aromatic nitrogens is 4. The van der Waals surface area contributed by atoms with E-state index in [0.29, 0.717) is 11.5 Å². The van der Waals surface area contributed by atoms with Gasteiger partial charge in [0.05, 0.1) is 11.7 Å². The van der Waals surface area contributed by atoms with Crippen molar-refractivity contribution in [2.75, 3.05) is 19.0 Å². The topological polar surface area (TPSA) is 93.0 Å². The molecule has 0 aromatic carbocycles. The van der Waals surface area contributed by atoms with Crippen LogP contribution in [0, 0.1) is 0 Å². The van der Waals surface area contributed by atoms with E-state index in [1.807, 2.05) is 19.0 Å². The molecule has 2 aliphatic rings. The van der Waals surface area contributed by atoms with Crippen LogP contribution in [0.5, 0.6) is 0 Å². The molecule has 148 valence electrons. The Morgan fingerprint density at radius 3 is 2.61 bits per heavy atom. The minimum absolute atomic E-state index is 0.00407. The molecular formula is C20H26N6O2. The highest BCUT2D eigenvalue weighted by Gasteiger charge is 2.26. The van der Waals surface area contributed by atoms with Crippen LogP contribution in [-0.4, -0.2) is 46.0 Å². The van der Waals surface area contributed by atoms with Gasteiger partial charge in [-0.15, -0.1) is 10.2 Å². The summed E-state index contributed by atoms with van der Waals surface area (Å²) in [5, 5.41) is 15.7. The molecule has 2 aromatic rings. The second-order valence-electron chi connectivity index (χ2n) is 7.90. The average molecular weight is 382 g/mol. The van der Waals surface area contributed by atoms with E-state index in [1.54, 1.807) is 22.9 Å². The third-order valence-corrected chi connectivity index (χ3v) is 5.70. The van der Waals surface area contributed by atoms with Crippen molar-refractivity contribution in [1.82, 2.24) is 25.3 Å². The van der Waals surface area contributed by atoms with Gasteiger partial charge in [0, 0.05) is 26.2 Å². The van der Waals surface area contributed by atoms with Crippen LogP contribution in [0.1, 0.15) is 59.9 Å². The fourth-order valence-corrected chi connectivity index (χ4v) is 4.09. The van der Waals surface area contributed by atoms with Gasteiger partial charge < -0.3 is 10.2 Å². The molecule has 0 atom stereocenters. The normalized spacial score (nSPS) is 21.2. The summed E-state index contributed by atoms with van der Waals surface area (Å²) in [5.74, 6) is 0.512. The Morgan fingerprint density at radius 1 is 1.14 bits per heavy atom. The highest BCUT2D eigenvalue weighted by molar-refractivity contribution is 5.92. The lowest BCUT2D eigenvalue weighted by Gasteiger charge is -2.29. The summed E-state index contributed by atoms with van der Waals surface area (Å²) < 4.78 is 1.67. The van der Waals surface area contributed by atoms with Crippen molar-refractivity contribution < 1.29 is 4.79 Å². The molecule has 8 heteroatoms. The molecule has 1 N–H and O–H groups in total.